The predicted octanol–water partition coefficient (Wildman–Crippen LogP) is -0.892. The van der Waals surface area contributed by atoms with Crippen LogP contribution in [0, 0.1) is 19.9 Å². The third-order valence-electron chi connectivity index (χ3n) is 1.10. The molecule has 0 N–H and O–H groups in total. The van der Waals surface area contributed by atoms with E-state index in [4.69, 9.17) is 0 Å². The van der Waals surface area contributed by atoms with Gasteiger partial charge in [0, 0.05) is 0 Å². The molecule has 42 valence electrons. The molecule has 0 aliphatic rings. The second-order valence-corrected chi connectivity index (χ2v) is 2.05. The van der Waals surface area contributed by atoms with Gasteiger partial charge < -0.3 is 0 Å². The molecule has 0 saturated carbocycles. The average Bonchev–Trinajstić information content (AvgIpc) is 1.64. The minimum Gasteiger partial charge on any atom is -0.181 e. The van der Waals surface area contributed by atoms with Gasteiger partial charge in [-0.3, -0.25) is 0 Å². The molecule has 0 aliphatic heterocycles. The van der Waals surface area contributed by atoms with Crippen molar-refractivity contribution < 1.29 is 29.6 Å². The zero-order valence-corrected chi connectivity index (χ0v) is 8.23. The quantitative estimate of drug-likeness (QED) is 0.314. The van der Waals surface area contributed by atoms with Crippen molar-refractivity contribution in [1.29, 1.82) is 0 Å². The maximum absolute atomic E-state index is 3.07. The molecule has 0 unspecified atom stereocenters. The van der Waals surface area contributed by atoms with Gasteiger partial charge >= 0.3 is 29.6 Å². The largest absolute Gasteiger partial charge is 1.00 e. The van der Waals surface area contributed by atoms with Crippen molar-refractivity contribution in [3.05, 3.63) is 35.4 Å². The van der Waals surface area contributed by atoms with E-state index < -0.39 is 0 Å². The van der Waals surface area contributed by atoms with Crippen LogP contribution < -0.4 is 29.6 Å². The van der Waals surface area contributed by atoms with Gasteiger partial charge in [0.25, 0.3) is 0 Å². The molecule has 0 aliphatic carbocycles. The summed E-state index contributed by atoms with van der Waals surface area (Å²) in [6.07, 6.45) is 0. The summed E-state index contributed by atoms with van der Waals surface area (Å²) in [5.74, 6) is 0. The number of aryl methyl sites for hydroxylation is 2. The van der Waals surface area contributed by atoms with Gasteiger partial charge in [0.2, 0.25) is 0 Å². The summed E-state index contributed by atoms with van der Waals surface area (Å²) in [4.78, 5) is 0. The fourth-order valence-electron chi connectivity index (χ4n) is 0.736. The van der Waals surface area contributed by atoms with E-state index in [2.05, 4.69) is 19.1 Å². The minimum absolute atomic E-state index is 0. The first kappa shape index (κ1) is 9.22. The molecule has 0 atom stereocenters. The number of hydrogen-bond donors (Lipinski definition) is 0. The fraction of sp³-hybridized carbons (Fsp3) is 0.250. The van der Waals surface area contributed by atoms with Crippen LogP contribution in [0.4, 0.5) is 0 Å². The van der Waals surface area contributed by atoms with Gasteiger partial charge in [-0.1, -0.05) is 13.8 Å². The predicted molar refractivity (Wildman–Crippen MR) is 34.8 cm³/mol. The van der Waals surface area contributed by atoms with Crippen molar-refractivity contribution in [2.75, 3.05) is 0 Å². The van der Waals surface area contributed by atoms with E-state index in [1.54, 1.807) is 0 Å². The Balaban J connectivity index is 0.000000640. The summed E-state index contributed by atoms with van der Waals surface area (Å²) in [5, 5.41) is 0. The van der Waals surface area contributed by atoms with E-state index >= 15 is 0 Å². The van der Waals surface area contributed by atoms with E-state index in [0.29, 0.717) is 0 Å². The number of benzene rings is 1. The Morgan fingerprint density at radius 2 is 2.00 bits per heavy atom. The van der Waals surface area contributed by atoms with Gasteiger partial charge in [-0.05, 0) is 0 Å². The van der Waals surface area contributed by atoms with Crippen LogP contribution in [0.2, 0.25) is 0 Å². The van der Waals surface area contributed by atoms with Gasteiger partial charge in [0.15, 0.2) is 0 Å². The van der Waals surface area contributed by atoms with Gasteiger partial charge in [0.05, 0.1) is 0 Å². The van der Waals surface area contributed by atoms with Crippen molar-refractivity contribution in [3.63, 3.8) is 0 Å². The summed E-state index contributed by atoms with van der Waals surface area (Å²) in [5.41, 5.74) is 2.52. The molecule has 0 bridgehead atoms. The van der Waals surface area contributed by atoms with E-state index in [0.717, 1.165) is 0 Å². The van der Waals surface area contributed by atoms with E-state index in [1.807, 2.05) is 19.1 Å². The van der Waals surface area contributed by atoms with Gasteiger partial charge in [-0.15, -0.1) is 0 Å². The molecule has 0 aromatic heterocycles. The first-order valence-corrected chi connectivity index (χ1v) is 2.74. The third-order valence-corrected chi connectivity index (χ3v) is 1.10. The van der Waals surface area contributed by atoms with Crippen LogP contribution >= 0.6 is 0 Å². The number of hydrogen-bond acceptors (Lipinski definition) is 0. The van der Waals surface area contributed by atoms with Crippen molar-refractivity contribution in [3.8, 4) is 0 Å². The van der Waals surface area contributed by atoms with Crippen LogP contribution in [0.1, 0.15) is 11.1 Å². The normalized spacial score (nSPS) is 8.22. The molecule has 1 aromatic carbocycles. The molecule has 9 heavy (non-hydrogen) atoms. The van der Waals surface area contributed by atoms with Crippen molar-refractivity contribution in [1.82, 2.24) is 0 Å². The third kappa shape index (κ3) is 3.04. The topological polar surface area (TPSA) is 0 Å². The molecule has 1 heteroatoms. The summed E-state index contributed by atoms with van der Waals surface area (Å²) in [6, 6.07) is 9.18. The average molecular weight is 128 g/mol. The van der Waals surface area contributed by atoms with Crippen molar-refractivity contribution in [2.24, 2.45) is 0 Å². The van der Waals surface area contributed by atoms with Crippen LogP contribution in [-0.2, 0) is 0 Å². The van der Waals surface area contributed by atoms with Gasteiger partial charge in [-0.25, -0.2) is 0 Å². The van der Waals surface area contributed by atoms with Crippen LogP contribution in [0.25, 0.3) is 0 Å². The zero-order chi connectivity index (χ0) is 5.98. The Hall–Kier alpha value is 0.220. The maximum Gasteiger partial charge on any atom is 1.00 e. The Morgan fingerprint density at radius 1 is 1.33 bits per heavy atom. The molecular formula is C8H9Na. The summed E-state index contributed by atoms with van der Waals surface area (Å²) in [7, 11) is 0. The van der Waals surface area contributed by atoms with Gasteiger partial charge in [-0.2, -0.15) is 35.4 Å². The first-order chi connectivity index (χ1) is 3.79. The van der Waals surface area contributed by atoms with Gasteiger partial charge in [0.1, 0.15) is 0 Å². The molecule has 0 saturated heterocycles. The van der Waals surface area contributed by atoms with Crippen LogP contribution in [0.5, 0.6) is 0 Å². The standard InChI is InChI=1S/C8H9.Na/c1-7-4-3-5-8(2)6-7;/h3-4,6H,1-2H3;/q-1;+1. The summed E-state index contributed by atoms with van der Waals surface area (Å²) >= 11 is 0. The van der Waals surface area contributed by atoms with Crippen LogP contribution in [0.3, 0.4) is 0 Å². The fourth-order valence-corrected chi connectivity index (χ4v) is 0.736. The molecular weight excluding hydrogens is 119 g/mol. The van der Waals surface area contributed by atoms with Crippen LogP contribution in [-0.4, -0.2) is 0 Å². The Morgan fingerprint density at radius 3 is 2.33 bits per heavy atom. The Kier molecular flexibility index (Phi) is 4.20. The molecule has 0 heterocycles. The molecule has 0 amide bonds. The smallest absolute Gasteiger partial charge is 0.181 e. The summed E-state index contributed by atoms with van der Waals surface area (Å²) < 4.78 is 0. The first-order valence-electron chi connectivity index (χ1n) is 2.74. The zero-order valence-electron chi connectivity index (χ0n) is 6.23. The van der Waals surface area contributed by atoms with E-state index in [9.17, 15) is 0 Å². The van der Waals surface area contributed by atoms with Crippen LogP contribution in [0.15, 0.2) is 18.2 Å². The summed E-state index contributed by atoms with van der Waals surface area (Å²) in [6.45, 7) is 4.13. The SMILES string of the molecule is Cc1[c-]ccc(C)c1.[Na+]. The van der Waals surface area contributed by atoms with Crippen molar-refractivity contribution >= 4 is 0 Å². The molecule has 0 fully saturated rings. The van der Waals surface area contributed by atoms with Crippen molar-refractivity contribution in [2.45, 2.75) is 13.8 Å². The molecule has 0 radical (unpaired) electrons. The number of rotatable bonds is 0. The molecule has 1 rings (SSSR count). The monoisotopic (exact) mass is 128 g/mol. The Labute approximate surface area is 78.6 Å². The van der Waals surface area contributed by atoms with E-state index in [-0.39, 0.29) is 29.6 Å². The van der Waals surface area contributed by atoms with E-state index in [1.165, 1.54) is 11.1 Å². The molecule has 0 nitrogen and oxygen atoms in total. The Bertz CT molecular complexity index is 164. The molecule has 0 spiro atoms. The maximum atomic E-state index is 3.07. The minimum atomic E-state index is 0. The second kappa shape index (κ2) is 4.10. The second-order valence-electron chi connectivity index (χ2n) is 2.05. The molecule has 1 aromatic rings.